The second-order valence-corrected chi connectivity index (χ2v) is 5.21. The minimum absolute atomic E-state index is 0.107. The summed E-state index contributed by atoms with van der Waals surface area (Å²) < 4.78 is 0. The molecular formula is C14H24N2O. The minimum atomic E-state index is 0.107. The van der Waals surface area contributed by atoms with Crippen molar-refractivity contribution in [1.82, 2.24) is 10.2 Å². The summed E-state index contributed by atoms with van der Waals surface area (Å²) in [4.78, 5) is 14.1. The van der Waals surface area contributed by atoms with E-state index in [1.54, 1.807) is 0 Å². The Labute approximate surface area is 104 Å². The molecule has 0 aromatic rings. The molecule has 1 aliphatic carbocycles. The van der Waals surface area contributed by atoms with Crippen LogP contribution in [0, 0.1) is 0 Å². The van der Waals surface area contributed by atoms with E-state index in [0.29, 0.717) is 6.04 Å². The zero-order chi connectivity index (χ0) is 12.1. The predicted molar refractivity (Wildman–Crippen MR) is 69.7 cm³/mol. The number of hydrogen-bond acceptors (Lipinski definition) is 1. The average Bonchev–Trinajstić information content (AvgIpc) is 2.89. The molecule has 2 rings (SSSR count). The van der Waals surface area contributed by atoms with Gasteiger partial charge >= 0.3 is 6.03 Å². The quantitative estimate of drug-likeness (QED) is 0.783. The summed E-state index contributed by atoms with van der Waals surface area (Å²) >= 11 is 0. The molecule has 96 valence electrons. The number of urea groups is 1. The maximum absolute atomic E-state index is 12.1. The van der Waals surface area contributed by atoms with Crippen molar-refractivity contribution >= 4 is 6.03 Å². The molecule has 1 atom stereocenters. The summed E-state index contributed by atoms with van der Waals surface area (Å²) in [6.07, 6.45) is 11.5. The molecule has 0 aromatic heterocycles. The third-order valence-electron chi connectivity index (χ3n) is 4.00. The van der Waals surface area contributed by atoms with Crippen molar-refractivity contribution < 1.29 is 4.79 Å². The van der Waals surface area contributed by atoms with E-state index in [-0.39, 0.29) is 6.03 Å². The van der Waals surface area contributed by atoms with Gasteiger partial charge in [-0.05, 0) is 51.4 Å². The fourth-order valence-electron chi connectivity index (χ4n) is 2.91. The smallest absolute Gasteiger partial charge is 0.321 e. The molecule has 2 amide bonds. The topological polar surface area (TPSA) is 32.3 Å². The fourth-order valence-corrected chi connectivity index (χ4v) is 2.91. The number of piperidine rings is 1. The van der Waals surface area contributed by atoms with Crippen LogP contribution in [0.15, 0.2) is 11.8 Å². The van der Waals surface area contributed by atoms with Gasteiger partial charge in [0.1, 0.15) is 0 Å². The summed E-state index contributed by atoms with van der Waals surface area (Å²) in [5, 5.41) is 2.98. The van der Waals surface area contributed by atoms with Gasteiger partial charge in [-0.1, -0.05) is 12.5 Å². The van der Waals surface area contributed by atoms with Gasteiger partial charge in [0, 0.05) is 18.8 Å². The number of amides is 2. The van der Waals surface area contributed by atoms with Crippen LogP contribution in [0.25, 0.3) is 0 Å². The predicted octanol–water partition coefficient (Wildman–Crippen LogP) is 3.42. The van der Waals surface area contributed by atoms with E-state index in [4.69, 9.17) is 0 Å². The van der Waals surface area contributed by atoms with Crippen LogP contribution in [0.5, 0.6) is 0 Å². The lowest BCUT2D eigenvalue weighted by Crippen LogP contribution is -2.47. The van der Waals surface area contributed by atoms with E-state index in [2.05, 4.69) is 12.2 Å². The number of likely N-dealkylation sites (tertiary alicyclic amines) is 1. The van der Waals surface area contributed by atoms with Crippen molar-refractivity contribution in [3.05, 3.63) is 11.8 Å². The Morgan fingerprint density at radius 3 is 2.82 bits per heavy atom. The van der Waals surface area contributed by atoms with E-state index in [9.17, 15) is 4.79 Å². The number of allylic oxidation sites excluding steroid dienone is 1. The molecule has 2 aliphatic rings. The second kappa shape index (κ2) is 6.08. The molecule has 0 bridgehead atoms. The van der Waals surface area contributed by atoms with Gasteiger partial charge in [0.25, 0.3) is 0 Å². The standard InChI is InChI=1S/C14H24N2O/c1-2-13-9-5-6-10-16(13)14(17)15-11-12-7-3-4-8-12/h11,13H,2-10H2,1H3,(H,15,17). The SMILES string of the molecule is CCC1CCCCN1C(=O)NC=C1CCCC1. The van der Waals surface area contributed by atoms with Crippen LogP contribution >= 0.6 is 0 Å². The number of nitrogens with zero attached hydrogens (tertiary/aromatic N) is 1. The first kappa shape index (κ1) is 12.5. The molecule has 1 N–H and O–H groups in total. The number of nitrogens with one attached hydrogen (secondary N) is 1. The van der Waals surface area contributed by atoms with E-state index in [0.717, 1.165) is 32.2 Å². The molecular weight excluding hydrogens is 212 g/mol. The molecule has 0 radical (unpaired) electrons. The lowest BCUT2D eigenvalue weighted by Gasteiger charge is -2.34. The third-order valence-corrected chi connectivity index (χ3v) is 4.00. The number of rotatable bonds is 2. The van der Waals surface area contributed by atoms with Gasteiger partial charge < -0.3 is 10.2 Å². The first-order chi connectivity index (χ1) is 8.31. The van der Waals surface area contributed by atoms with Crippen molar-refractivity contribution in [2.24, 2.45) is 0 Å². The highest BCUT2D eigenvalue weighted by molar-refractivity contribution is 5.75. The van der Waals surface area contributed by atoms with Crippen molar-refractivity contribution in [2.45, 2.75) is 64.3 Å². The molecule has 3 nitrogen and oxygen atoms in total. The normalized spacial score (nSPS) is 24.9. The van der Waals surface area contributed by atoms with Crippen LogP contribution < -0.4 is 5.32 Å². The number of carbonyl (C=O) groups excluding carboxylic acids is 1. The summed E-state index contributed by atoms with van der Waals surface area (Å²) in [6.45, 7) is 3.10. The summed E-state index contributed by atoms with van der Waals surface area (Å²) in [7, 11) is 0. The fraction of sp³-hybridized carbons (Fsp3) is 0.786. The first-order valence-electron chi connectivity index (χ1n) is 7.06. The number of hydrogen-bond donors (Lipinski definition) is 1. The Hall–Kier alpha value is -0.990. The van der Waals surface area contributed by atoms with Gasteiger partial charge in [0.2, 0.25) is 0 Å². The maximum atomic E-state index is 12.1. The average molecular weight is 236 g/mol. The molecule has 0 spiro atoms. The van der Waals surface area contributed by atoms with Crippen LogP contribution in [0.3, 0.4) is 0 Å². The Morgan fingerprint density at radius 1 is 1.35 bits per heavy atom. The van der Waals surface area contributed by atoms with E-state index >= 15 is 0 Å². The van der Waals surface area contributed by atoms with Gasteiger partial charge in [0.15, 0.2) is 0 Å². The van der Waals surface area contributed by atoms with Crippen molar-refractivity contribution in [3.63, 3.8) is 0 Å². The van der Waals surface area contributed by atoms with Crippen molar-refractivity contribution in [3.8, 4) is 0 Å². The lowest BCUT2D eigenvalue weighted by molar-refractivity contribution is 0.152. The molecule has 0 aromatic carbocycles. The molecule has 1 aliphatic heterocycles. The van der Waals surface area contributed by atoms with E-state index < -0.39 is 0 Å². The van der Waals surface area contributed by atoms with Crippen LogP contribution in [0.2, 0.25) is 0 Å². The molecule has 3 heteroatoms. The third kappa shape index (κ3) is 3.24. The van der Waals surface area contributed by atoms with Crippen LogP contribution in [-0.4, -0.2) is 23.5 Å². The zero-order valence-corrected chi connectivity index (χ0v) is 10.9. The number of carbonyl (C=O) groups is 1. The molecule has 1 saturated heterocycles. The zero-order valence-electron chi connectivity index (χ0n) is 10.9. The largest absolute Gasteiger partial charge is 0.322 e. The minimum Gasteiger partial charge on any atom is -0.322 e. The van der Waals surface area contributed by atoms with Crippen LogP contribution in [-0.2, 0) is 0 Å². The second-order valence-electron chi connectivity index (χ2n) is 5.21. The van der Waals surface area contributed by atoms with Gasteiger partial charge in [-0.15, -0.1) is 0 Å². The van der Waals surface area contributed by atoms with E-state index in [1.807, 2.05) is 11.1 Å². The molecule has 17 heavy (non-hydrogen) atoms. The summed E-state index contributed by atoms with van der Waals surface area (Å²) in [6, 6.07) is 0.557. The van der Waals surface area contributed by atoms with E-state index in [1.165, 1.54) is 31.3 Å². The molecule has 1 unspecified atom stereocenters. The molecule has 1 heterocycles. The van der Waals surface area contributed by atoms with Gasteiger partial charge in [-0.3, -0.25) is 0 Å². The van der Waals surface area contributed by atoms with Gasteiger partial charge in [-0.25, -0.2) is 4.79 Å². The highest BCUT2D eigenvalue weighted by Gasteiger charge is 2.24. The van der Waals surface area contributed by atoms with Crippen LogP contribution in [0.1, 0.15) is 58.3 Å². The molecule has 2 fully saturated rings. The van der Waals surface area contributed by atoms with Crippen molar-refractivity contribution in [2.75, 3.05) is 6.54 Å². The van der Waals surface area contributed by atoms with Crippen LogP contribution in [0.4, 0.5) is 4.79 Å². The Bertz CT molecular complexity index is 291. The van der Waals surface area contributed by atoms with Gasteiger partial charge in [-0.2, -0.15) is 0 Å². The Kier molecular flexibility index (Phi) is 4.46. The highest BCUT2D eigenvalue weighted by atomic mass is 16.2. The maximum Gasteiger partial charge on any atom is 0.321 e. The lowest BCUT2D eigenvalue weighted by atomic mass is 10.0. The highest BCUT2D eigenvalue weighted by Crippen LogP contribution is 2.23. The first-order valence-corrected chi connectivity index (χ1v) is 7.06. The Morgan fingerprint density at radius 2 is 2.12 bits per heavy atom. The summed E-state index contributed by atoms with van der Waals surface area (Å²) in [5.74, 6) is 0. The van der Waals surface area contributed by atoms with Gasteiger partial charge in [0.05, 0.1) is 0 Å². The Balaban J connectivity index is 1.87. The molecule has 1 saturated carbocycles. The monoisotopic (exact) mass is 236 g/mol. The van der Waals surface area contributed by atoms with Crippen molar-refractivity contribution in [1.29, 1.82) is 0 Å². The summed E-state index contributed by atoms with van der Waals surface area (Å²) in [5.41, 5.74) is 1.41.